The Bertz CT molecular complexity index is 242. The van der Waals surface area contributed by atoms with Crippen molar-refractivity contribution in [2.24, 2.45) is 0 Å². The second kappa shape index (κ2) is 2.88. The van der Waals surface area contributed by atoms with Crippen molar-refractivity contribution in [1.82, 2.24) is 0 Å². The van der Waals surface area contributed by atoms with Gasteiger partial charge in [0.05, 0.1) is 0 Å². The van der Waals surface area contributed by atoms with Crippen molar-refractivity contribution in [1.29, 1.82) is 0 Å². The summed E-state index contributed by atoms with van der Waals surface area (Å²) < 4.78 is 1.30. The summed E-state index contributed by atoms with van der Waals surface area (Å²) in [5, 5.41) is 2.20. The lowest BCUT2D eigenvalue weighted by atomic mass is 10.3. The molecule has 0 amide bonds. The average Bonchev–Trinajstić information content (AvgIpc) is 2.34. The first kappa shape index (κ1) is 7.19. The van der Waals surface area contributed by atoms with Gasteiger partial charge < -0.3 is 0 Å². The van der Waals surface area contributed by atoms with Crippen LogP contribution < -0.4 is 0 Å². The van der Waals surface area contributed by atoms with Gasteiger partial charge in [0.1, 0.15) is 0 Å². The average molecular weight is 235 g/mol. The third kappa shape index (κ3) is 1.15. The van der Waals surface area contributed by atoms with E-state index in [1.165, 1.54) is 28.0 Å². The minimum absolute atomic E-state index is 1.29. The second-order valence-electron chi connectivity index (χ2n) is 2.29. The molecule has 0 radical (unpaired) electrons. The molecule has 2 heterocycles. The van der Waals surface area contributed by atoms with E-state index in [0.29, 0.717) is 0 Å². The maximum absolute atomic E-state index is 3.54. The Morgan fingerprint density at radius 1 is 1.50 bits per heavy atom. The number of halogens is 1. The Kier molecular flexibility index (Phi) is 2.07. The fourth-order valence-electron chi connectivity index (χ4n) is 1.09. The Morgan fingerprint density at radius 2 is 2.40 bits per heavy atom. The fraction of sp³-hybridized carbons (Fsp3) is 0.429. The molecular formula is C7H7BrS2. The highest BCUT2D eigenvalue weighted by molar-refractivity contribution is 9.10. The van der Waals surface area contributed by atoms with Gasteiger partial charge in [-0.15, -0.1) is 23.1 Å². The topological polar surface area (TPSA) is 0 Å². The van der Waals surface area contributed by atoms with E-state index in [2.05, 4.69) is 21.3 Å². The van der Waals surface area contributed by atoms with Crippen LogP contribution in [0.2, 0.25) is 0 Å². The number of hydrogen-bond donors (Lipinski definition) is 0. The van der Waals surface area contributed by atoms with Crippen LogP contribution in [0.3, 0.4) is 0 Å². The molecule has 1 aliphatic heterocycles. The summed E-state index contributed by atoms with van der Waals surface area (Å²) in [4.78, 5) is 3.07. The molecule has 0 unspecified atom stereocenters. The van der Waals surface area contributed by atoms with Crippen LogP contribution in [-0.2, 0) is 6.42 Å². The molecule has 0 aliphatic carbocycles. The molecule has 0 nitrogen and oxygen atoms in total. The summed E-state index contributed by atoms with van der Waals surface area (Å²) in [6, 6.07) is 0. The molecule has 0 spiro atoms. The summed E-state index contributed by atoms with van der Waals surface area (Å²) in [7, 11) is 0. The number of fused-ring (bicyclic) bond motifs is 1. The van der Waals surface area contributed by atoms with Gasteiger partial charge in [0, 0.05) is 19.6 Å². The maximum atomic E-state index is 3.54. The first-order valence-electron chi connectivity index (χ1n) is 3.26. The first-order chi connectivity index (χ1) is 4.88. The molecule has 0 atom stereocenters. The molecule has 0 saturated heterocycles. The quantitative estimate of drug-likeness (QED) is 0.662. The Hall–Kier alpha value is 0.530. The van der Waals surface area contributed by atoms with Gasteiger partial charge in [-0.3, -0.25) is 0 Å². The van der Waals surface area contributed by atoms with E-state index in [1.807, 2.05) is 23.1 Å². The lowest BCUT2D eigenvalue weighted by Crippen LogP contribution is -1.93. The predicted octanol–water partition coefficient (Wildman–Crippen LogP) is 3.55. The predicted molar refractivity (Wildman–Crippen MR) is 51.1 cm³/mol. The van der Waals surface area contributed by atoms with Gasteiger partial charge in [-0.05, 0) is 34.5 Å². The number of hydrogen-bond acceptors (Lipinski definition) is 2. The molecule has 0 fully saturated rings. The molecule has 3 heteroatoms. The van der Waals surface area contributed by atoms with Crippen molar-refractivity contribution in [3.8, 4) is 0 Å². The largest absolute Gasteiger partial charge is 0.147 e. The van der Waals surface area contributed by atoms with Crippen molar-refractivity contribution >= 4 is 39.0 Å². The van der Waals surface area contributed by atoms with Gasteiger partial charge >= 0.3 is 0 Å². The number of thiophene rings is 1. The standard InChI is InChI=1S/C7H7BrS2/c8-5-4-10-6-2-1-3-9-7(5)6/h4H,1-3H2. The highest BCUT2D eigenvalue weighted by atomic mass is 79.9. The Labute approximate surface area is 77.2 Å². The smallest absolute Gasteiger partial charge is 0.0421 e. The summed E-state index contributed by atoms with van der Waals surface area (Å²) in [6.45, 7) is 0. The maximum Gasteiger partial charge on any atom is 0.0421 e. The van der Waals surface area contributed by atoms with Crippen LogP contribution in [0.15, 0.2) is 14.7 Å². The molecule has 1 aliphatic rings. The summed E-state index contributed by atoms with van der Waals surface area (Å²) >= 11 is 7.41. The molecule has 0 aromatic carbocycles. The van der Waals surface area contributed by atoms with Gasteiger partial charge in [0.15, 0.2) is 0 Å². The fourth-order valence-corrected chi connectivity index (χ4v) is 4.28. The summed E-state index contributed by atoms with van der Waals surface area (Å²) in [5.74, 6) is 1.29. The van der Waals surface area contributed by atoms with Crippen LogP contribution in [0.5, 0.6) is 0 Å². The van der Waals surface area contributed by atoms with Crippen molar-refractivity contribution in [3.05, 3.63) is 14.7 Å². The van der Waals surface area contributed by atoms with E-state index < -0.39 is 0 Å². The van der Waals surface area contributed by atoms with E-state index in [0.717, 1.165) is 0 Å². The molecule has 2 rings (SSSR count). The SMILES string of the molecule is Brc1csc2c1SCCC2. The van der Waals surface area contributed by atoms with Gasteiger partial charge in [-0.2, -0.15) is 0 Å². The molecule has 10 heavy (non-hydrogen) atoms. The molecule has 1 aromatic heterocycles. The zero-order chi connectivity index (χ0) is 6.97. The molecular weight excluding hydrogens is 228 g/mol. The lowest BCUT2D eigenvalue weighted by molar-refractivity contribution is 0.912. The van der Waals surface area contributed by atoms with E-state index in [4.69, 9.17) is 0 Å². The van der Waals surface area contributed by atoms with Crippen LogP contribution in [0.1, 0.15) is 11.3 Å². The third-order valence-electron chi connectivity index (χ3n) is 1.57. The highest BCUT2D eigenvalue weighted by Gasteiger charge is 2.13. The van der Waals surface area contributed by atoms with E-state index in [1.54, 1.807) is 4.88 Å². The summed E-state index contributed by atoms with van der Waals surface area (Å²) in [6.07, 6.45) is 2.64. The van der Waals surface area contributed by atoms with E-state index in [9.17, 15) is 0 Å². The minimum atomic E-state index is 1.29. The normalized spacial score (nSPS) is 16.9. The van der Waals surface area contributed by atoms with Gasteiger partial charge in [0.2, 0.25) is 0 Å². The summed E-state index contributed by atoms with van der Waals surface area (Å²) in [5.41, 5.74) is 0. The number of thioether (sulfide) groups is 1. The van der Waals surface area contributed by atoms with Gasteiger partial charge in [-0.25, -0.2) is 0 Å². The van der Waals surface area contributed by atoms with Gasteiger partial charge in [-0.1, -0.05) is 0 Å². The monoisotopic (exact) mass is 234 g/mol. The van der Waals surface area contributed by atoms with Crippen LogP contribution in [0.4, 0.5) is 0 Å². The van der Waals surface area contributed by atoms with Crippen LogP contribution in [0, 0.1) is 0 Å². The minimum Gasteiger partial charge on any atom is -0.147 e. The Balaban J connectivity index is 2.45. The molecule has 0 N–H and O–H groups in total. The van der Waals surface area contributed by atoms with Crippen molar-refractivity contribution in [2.75, 3.05) is 5.75 Å². The Morgan fingerprint density at radius 3 is 3.20 bits per heavy atom. The molecule has 0 saturated carbocycles. The second-order valence-corrected chi connectivity index (χ2v) is 5.21. The zero-order valence-electron chi connectivity index (χ0n) is 5.39. The highest BCUT2D eigenvalue weighted by Crippen LogP contribution is 2.39. The molecule has 0 bridgehead atoms. The van der Waals surface area contributed by atoms with Crippen LogP contribution in [0.25, 0.3) is 0 Å². The van der Waals surface area contributed by atoms with Crippen LogP contribution >= 0.6 is 39.0 Å². The van der Waals surface area contributed by atoms with E-state index in [-0.39, 0.29) is 0 Å². The number of aryl methyl sites for hydroxylation is 1. The van der Waals surface area contributed by atoms with Crippen molar-refractivity contribution in [2.45, 2.75) is 17.7 Å². The zero-order valence-corrected chi connectivity index (χ0v) is 8.61. The van der Waals surface area contributed by atoms with Crippen molar-refractivity contribution < 1.29 is 0 Å². The number of rotatable bonds is 0. The lowest BCUT2D eigenvalue weighted by Gasteiger charge is -2.09. The van der Waals surface area contributed by atoms with Crippen LogP contribution in [-0.4, -0.2) is 5.75 Å². The molecule has 54 valence electrons. The van der Waals surface area contributed by atoms with Gasteiger partial charge in [0.25, 0.3) is 0 Å². The molecule has 1 aromatic rings. The first-order valence-corrected chi connectivity index (χ1v) is 5.92. The van der Waals surface area contributed by atoms with Crippen molar-refractivity contribution in [3.63, 3.8) is 0 Å². The third-order valence-corrected chi connectivity index (χ3v) is 5.18. The van der Waals surface area contributed by atoms with E-state index >= 15 is 0 Å².